The number of anilines is 1. The van der Waals surface area contributed by atoms with E-state index in [1.54, 1.807) is 18.2 Å². The Bertz CT molecular complexity index is 509. The van der Waals surface area contributed by atoms with Gasteiger partial charge in [-0.3, -0.25) is 5.32 Å². The summed E-state index contributed by atoms with van der Waals surface area (Å²) >= 11 is 1.31. The summed E-state index contributed by atoms with van der Waals surface area (Å²) in [6.45, 7) is 0. The van der Waals surface area contributed by atoms with Gasteiger partial charge in [0.1, 0.15) is 5.75 Å². The van der Waals surface area contributed by atoms with Gasteiger partial charge >= 0.3 is 6.03 Å². The second-order valence-corrected chi connectivity index (χ2v) is 3.91. The number of fused-ring (bicyclic) bond motifs is 1. The third-order valence-corrected chi connectivity index (χ3v) is 2.75. The molecule has 78 valence electrons. The molecule has 0 radical (unpaired) electrons. The molecule has 0 saturated heterocycles. The minimum absolute atomic E-state index is 0.192. The van der Waals surface area contributed by atoms with Crippen LogP contribution in [-0.2, 0) is 0 Å². The fourth-order valence-corrected chi connectivity index (χ4v) is 2.02. The van der Waals surface area contributed by atoms with Crippen LogP contribution in [0.25, 0.3) is 10.2 Å². The Hall–Kier alpha value is -1.82. The zero-order valence-corrected chi connectivity index (χ0v) is 8.76. The normalized spacial score (nSPS) is 10.2. The average Bonchev–Trinajstić information content (AvgIpc) is 2.59. The Morgan fingerprint density at radius 2 is 2.33 bits per heavy atom. The molecule has 0 spiro atoms. The summed E-state index contributed by atoms with van der Waals surface area (Å²) in [5.74, 6) is 0.192. The number of thiazole rings is 1. The number of benzene rings is 1. The van der Waals surface area contributed by atoms with Gasteiger partial charge in [-0.1, -0.05) is 11.3 Å². The van der Waals surface area contributed by atoms with Crippen LogP contribution < -0.4 is 10.6 Å². The van der Waals surface area contributed by atoms with Gasteiger partial charge in [0.15, 0.2) is 5.13 Å². The molecule has 2 amide bonds. The van der Waals surface area contributed by atoms with Crippen molar-refractivity contribution in [2.75, 3.05) is 12.4 Å². The zero-order chi connectivity index (χ0) is 10.8. The minimum atomic E-state index is -0.307. The molecule has 0 unspecified atom stereocenters. The van der Waals surface area contributed by atoms with E-state index >= 15 is 0 Å². The Morgan fingerprint density at radius 1 is 1.53 bits per heavy atom. The first kappa shape index (κ1) is 9.72. The number of phenolic OH excluding ortho intramolecular Hbond substituents is 1. The smallest absolute Gasteiger partial charge is 0.320 e. The Kier molecular flexibility index (Phi) is 2.42. The maximum Gasteiger partial charge on any atom is 0.320 e. The largest absolute Gasteiger partial charge is 0.508 e. The van der Waals surface area contributed by atoms with E-state index in [1.165, 1.54) is 18.4 Å². The maximum atomic E-state index is 11.0. The highest BCUT2D eigenvalue weighted by atomic mass is 32.1. The molecule has 1 heterocycles. The van der Waals surface area contributed by atoms with Gasteiger partial charge in [-0.15, -0.1) is 0 Å². The summed E-state index contributed by atoms with van der Waals surface area (Å²) in [4.78, 5) is 15.2. The number of rotatable bonds is 1. The fraction of sp³-hybridized carbons (Fsp3) is 0.111. The lowest BCUT2D eigenvalue weighted by Crippen LogP contribution is -2.24. The van der Waals surface area contributed by atoms with Gasteiger partial charge in [-0.25, -0.2) is 9.78 Å². The van der Waals surface area contributed by atoms with Crippen LogP contribution in [0.2, 0.25) is 0 Å². The molecule has 5 nitrogen and oxygen atoms in total. The van der Waals surface area contributed by atoms with Crippen molar-refractivity contribution in [3.05, 3.63) is 18.2 Å². The van der Waals surface area contributed by atoms with Crippen LogP contribution in [0.5, 0.6) is 5.75 Å². The predicted octanol–water partition coefficient (Wildman–Crippen LogP) is 1.75. The first-order chi connectivity index (χ1) is 7.19. The number of phenols is 1. The summed E-state index contributed by atoms with van der Waals surface area (Å²) in [7, 11) is 1.54. The summed E-state index contributed by atoms with van der Waals surface area (Å²) in [6, 6.07) is 4.57. The van der Waals surface area contributed by atoms with Crippen LogP contribution >= 0.6 is 11.3 Å². The molecular formula is C9H9N3O2S. The predicted molar refractivity (Wildman–Crippen MR) is 59.4 cm³/mol. The minimum Gasteiger partial charge on any atom is -0.508 e. The van der Waals surface area contributed by atoms with E-state index in [1.807, 2.05) is 0 Å². The van der Waals surface area contributed by atoms with Gasteiger partial charge in [-0.2, -0.15) is 0 Å². The SMILES string of the molecule is CNC(=O)Nc1nc2ccc(O)cc2s1. The molecule has 0 saturated carbocycles. The molecule has 15 heavy (non-hydrogen) atoms. The van der Waals surface area contributed by atoms with E-state index < -0.39 is 0 Å². The maximum absolute atomic E-state index is 11.0. The van der Waals surface area contributed by atoms with Crippen molar-refractivity contribution in [3.8, 4) is 5.75 Å². The van der Waals surface area contributed by atoms with Crippen LogP contribution in [0.1, 0.15) is 0 Å². The molecule has 1 aromatic carbocycles. The number of nitrogens with zero attached hydrogens (tertiary/aromatic N) is 1. The molecule has 0 aliphatic carbocycles. The van der Waals surface area contributed by atoms with E-state index in [-0.39, 0.29) is 11.8 Å². The first-order valence-corrected chi connectivity index (χ1v) is 5.09. The monoisotopic (exact) mass is 223 g/mol. The number of amides is 2. The molecule has 0 aliphatic rings. The molecule has 3 N–H and O–H groups in total. The standard InChI is InChI=1S/C9H9N3O2S/c1-10-8(14)12-9-11-6-3-2-5(13)4-7(6)15-9/h2-4,13H,1H3,(H2,10,11,12,14). The number of aromatic nitrogens is 1. The number of nitrogens with one attached hydrogen (secondary N) is 2. The molecule has 6 heteroatoms. The average molecular weight is 223 g/mol. The summed E-state index contributed by atoms with van der Waals surface area (Å²) < 4.78 is 0.835. The van der Waals surface area contributed by atoms with E-state index in [4.69, 9.17) is 0 Å². The summed E-state index contributed by atoms with van der Waals surface area (Å²) in [6.07, 6.45) is 0. The third-order valence-electron chi connectivity index (χ3n) is 1.82. The Morgan fingerprint density at radius 3 is 3.07 bits per heavy atom. The van der Waals surface area contributed by atoms with Crippen LogP contribution in [-0.4, -0.2) is 23.2 Å². The topological polar surface area (TPSA) is 74.2 Å². The number of carbonyl (C=O) groups excluding carboxylic acids is 1. The van der Waals surface area contributed by atoms with Crippen molar-refractivity contribution >= 4 is 32.7 Å². The number of hydrogen-bond acceptors (Lipinski definition) is 4. The van der Waals surface area contributed by atoms with Crippen LogP contribution in [0, 0.1) is 0 Å². The van der Waals surface area contributed by atoms with Crippen molar-refractivity contribution in [3.63, 3.8) is 0 Å². The molecule has 0 fully saturated rings. The van der Waals surface area contributed by atoms with E-state index in [0.717, 1.165) is 10.2 Å². The highest BCUT2D eigenvalue weighted by Crippen LogP contribution is 2.28. The van der Waals surface area contributed by atoms with Gasteiger partial charge < -0.3 is 10.4 Å². The van der Waals surface area contributed by atoms with E-state index in [2.05, 4.69) is 15.6 Å². The van der Waals surface area contributed by atoms with Crippen molar-refractivity contribution in [2.45, 2.75) is 0 Å². The number of carbonyl (C=O) groups is 1. The molecule has 2 rings (SSSR count). The number of urea groups is 1. The van der Waals surface area contributed by atoms with Crippen LogP contribution in [0.15, 0.2) is 18.2 Å². The van der Waals surface area contributed by atoms with E-state index in [0.29, 0.717) is 5.13 Å². The lowest BCUT2D eigenvalue weighted by molar-refractivity contribution is 0.254. The molecule has 0 aliphatic heterocycles. The number of hydrogen-bond donors (Lipinski definition) is 3. The van der Waals surface area contributed by atoms with Crippen LogP contribution in [0.4, 0.5) is 9.93 Å². The quantitative estimate of drug-likeness (QED) is 0.689. The highest BCUT2D eigenvalue weighted by molar-refractivity contribution is 7.22. The van der Waals surface area contributed by atoms with Crippen molar-refractivity contribution in [2.24, 2.45) is 0 Å². The highest BCUT2D eigenvalue weighted by Gasteiger charge is 2.06. The number of aromatic hydroxyl groups is 1. The second-order valence-electron chi connectivity index (χ2n) is 2.88. The lowest BCUT2D eigenvalue weighted by atomic mass is 10.3. The van der Waals surface area contributed by atoms with E-state index in [9.17, 15) is 9.90 Å². The Balaban J connectivity index is 2.34. The Labute approximate surface area is 89.8 Å². The fourth-order valence-electron chi connectivity index (χ4n) is 1.13. The van der Waals surface area contributed by atoms with Gasteiger partial charge in [0.25, 0.3) is 0 Å². The van der Waals surface area contributed by atoms with Crippen molar-refractivity contribution in [1.82, 2.24) is 10.3 Å². The van der Waals surface area contributed by atoms with Crippen molar-refractivity contribution in [1.29, 1.82) is 0 Å². The zero-order valence-electron chi connectivity index (χ0n) is 7.94. The molecule has 2 aromatic rings. The van der Waals surface area contributed by atoms with Gasteiger partial charge in [0, 0.05) is 7.05 Å². The summed E-state index contributed by atoms with van der Waals surface area (Å²) in [5, 5.41) is 14.8. The molecule has 0 atom stereocenters. The molecule has 0 bridgehead atoms. The third kappa shape index (κ3) is 1.99. The lowest BCUT2D eigenvalue weighted by Gasteiger charge is -1.97. The van der Waals surface area contributed by atoms with Gasteiger partial charge in [0.05, 0.1) is 10.2 Å². The van der Waals surface area contributed by atoms with Gasteiger partial charge in [0.2, 0.25) is 0 Å². The second kappa shape index (κ2) is 3.74. The summed E-state index contributed by atoms with van der Waals surface area (Å²) in [5.41, 5.74) is 0.754. The van der Waals surface area contributed by atoms with Crippen molar-refractivity contribution < 1.29 is 9.90 Å². The van der Waals surface area contributed by atoms with Gasteiger partial charge in [-0.05, 0) is 18.2 Å². The van der Waals surface area contributed by atoms with Crippen LogP contribution in [0.3, 0.4) is 0 Å². The molecule has 1 aromatic heterocycles. The molecular weight excluding hydrogens is 214 g/mol. The first-order valence-electron chi connectivity index (χ1n) is 4.27.